The first-order chi connectivity index (χ1) is 7.99. The Morgan fingerprint density at radius 1 is 1.18 bits per heavy atom. The van der Waals surface area contributed by atoms with Crippen molar-refractivity contribution in [1.29, 1.82) is 0 Å². The van der Waals surface area contributed by atoms with Crippen molar-refractivity contribution in [3.8, 4) is 0 Å². The van der Waals surface area contributed by atoms with E-state index in [0.29, 0.717) is 0 Å². The molecule has 0 unspecified atom stereocenters. The zero-order valence-corrected chi connectivity index (χ0v) is 10.7. The Bertz CT molecular complexity index is 382. The summed E-state index contributed by atoms with van der Waals surface area (Å²) >= 11 is 0. The quantitative estimate of drug-likeness (QED) is 0.775. The molecule has 0 bridgehead atoms. The molecule has 0 saturated heterocycles. The van der Waals surface area contributed by atoms with Gasteiger partial charge in [0.25, 0.3) is 0 Å². The minimum absolute atomic E-state index is 0.0881. The highest BCUT2D eigenvalue weighted by molar-refractivity contribution is 7.89. The highest BCUT2D eigenvalue weighted by atomic mass is 32.2. The molecular formula is C11H19NO4S. The first kappa shape index (κ1) is 12.8. The first-order valence-corrected chi connectivity index (χ1v) is 7.81. The average molecular weight is 261 g/mol. The molecule has 2 fully saturated rings. The number of rotatable bonds is 6. The summed E-state index contributed by atoms with van der Waals surface area (Å²) in [5.74, 6) is -0.662. The zero-order valence-electron chi connectivity index (χ0n) is 9.84. The SMILES string of the molecule is O=C(O)CN(C1CCCC1)S(=O)(=O)CC1CC1. The number of aliphatic carboxylic acids is 1. The van der Waals surface area contributed by atoms with Crippen molar-refractivity contribution < 1.29 is 18.3 Å². The van der Waals surface area contributed by atoms with Crippen molar-refractivity contribution in [3.63, 3.8) is 0 Å². The predicted molar refractivity (Wildman–Crippen MR) is 63.1 cm³/mol. The summed E-state index contributed by atoms with van der Waals surface area (Å²) in [7, 11) is -3.39. The third kappa shape index (κ3) is 3.42. The number of carbonyl (C=O) groups is 1. The zero-order chi connectivity index (χ0) is 12.5. The fourth-order valence-electron chi connectivity index (χ4n) is 2.46. The van der Waals surface area contributed by atoms with Gasteiger partial charge < -0.3 is 5.11 Å². The van der Waals surface area contributed by atoms with E-state index in [1.807, 2.05) is 0 Å². The van der Waals surface area contributed by atoms with E-state index in [-0.39, 0.29) is 24.3 Å². The van der Waals surface area contributed by atoms with Gasteiger partial charge in [0, 0.05) is 6.04 Å². The average Bonchev–Trinajstić information content (AvgIpc) is 2.86. The topological polar surface area (TPSA) is 74.7 Å². The van der Waals surface area contributed by atoms with Gasteiger partial charge in [-0.1, -0.05) is 12.8 Å². The molecule has 0 atom stereocenters. The van der Waals surface area contributed by atoms with Gasteiger partial charge in [0.2, 0.25) is 10.0 Å². The van der Waals surface area contributed by atoms with Gasteiger partial charge in [0.15, 0.2) is 0 Å². The largest absolute Gasteiger partial charge is 0.480 e. The van der Waals surface area contributed by atoms with Crippen molar-refractivity contribution in [2.75, 3.05) is 12.3 Å². The van der Waals surface area contributed by atoms with Crippen molar-refractivity contribution in [2.45, 2.75) is 44.6 Å². The van der Waals surface area contributed by atoms with E-state index >= 15 is 0 Å². The van der Waals surface area contributed by atoms with Gasteiger partial charge in [0.05, 0.1) is 5.75 Å². The van der Waals surface area contributed by atoms with Crippen LogP contribution in [0.25, 0.3) is 0 Å². The second-order valence-corrected chi connectivity index (χ2v) is 7.07. The Labute approximate surface area is 102 Å². The van der Waals surface area contributed by atoms with Crippen LogP contribution in [0.1, 0.15) is 38.5 Å². The van der Waals surface area contributed by atoms with Crippen LogP contribution >= 0.6 is 0 Å². The maximum Gasteiger partial charge on any atom is 0.318 e. The van der Waals surface area contributed by atoms with Gasteiger partial charge >= 0.3 is 5.97 Å². The maximum absolute atomic E-state index is 12.2. The van der Waals surface area contributed by atoms with Gasteiger partial charge in [-0.25, -0.2) is 8.42 Å². The van der Waals surface area contributed by atoms with Crippen LogP contribution in [0.2, 0.25) is 0 Å². The molecule has 0 aliphatic heterocycles. The second-order valence-electron chi connectivity index (χ2n) is 5.10. The third-order valence-electron chi connectivity index (χ3n) is 3.52. The lowest BCUT2D eigenvalue weighted by Gasteiger charge is -2.26. The molecule has 0 spiro atoms. The lowest BCUT2D eigenvalue weighted by Crippen LogP contribution is -2.43. The Morgan fingerprint density at radius 2 is 1.76 bits per heavy atom. The molecule has 6 heteroatoms. The van der Waals surface area contributed by atoms with Crippen molar-refractivity contribution in [1.82, 2.24) is 4.31 Å². The summed E-state index contributed by atoms with van der Waals surface area (Å²) in [6, 6.07) is -0.0881. The van der Waals surface area contributed by atoms with Gasteiger partial charge in [-0.3, -0.25) is 4.79 Å². The maximum atomic E-state index is 12.2. The molecule has 0 amide bonds. The first-order valence-electron chi connectivity index (χ1n) is 6.20. The molecule has 0 heterocycles. The molecule has 2 rings (SSSR count). The molecule has 2 aliphatic carbocycles. The van der Waals surface area contributed by atoms with Crippen LogP contribution in [-0.2, 0) is 14.8 Å². The number of hydrogen-bond donors (Lipinski definition) is 1. The molecule has 2 saturated carbocycles. The summed E-state index contributed by atoms with van der Waals surface area (Å²) in [5.41, 5.74) is 0. The Kier molecular flexibility index (Phi) is 3.73. The standard InChI is InChI=1S/C11H19NO4S/c13-11(14)7-12(10-3-1-2-4-10)17(15,16)8-9-5-6-9/h9-10H,1-8H2,(H,13,14). The monoisotopic (exact) mass is 261 g/mol. The Hall–Kier alpha value is -0.620. The van der Waals surface area contributed by atoms with E-state index in [9.17, 15) is 13.2 Å². The number of nitrogens with zero attached hydrogens (tertiary/aromatic N) is 1. The molecule has 17 heavy (non-hydrogen) atoms. The van der Waals surface area contributed by atoms with Crippen LogP contribution in [0.5, 0.6) is 0 Å². The second kappa shape index (κ2) is 4.94. The van der Waals surface area contributed by atoms with Crippen molar-refractivity contribution in [2.24, 2.45) is 5.92 Å². The van der Waals surface area contributed by atoms with E-state index < -0.39 is 16.0 Å². The van der Waals surface area contributed by atoms with Crippen LogP contribution in [0, 0.1) is 5.92 Å². The van der Waals surface area contributed by atoms with Crippen LogP contribution < -0.4 is 0 Å². The van der Waals surface area contributed by atoms with Crippen LogP contribution in [0.15, 0.2) is 0 Å². The van der Waals surface area contributed by atoms with E-state index in [1.165, 1.54) is 4.31 Å². The molecule has 5 nitrogen and oxygen atoms in total. The summed E-state index contributed by atoms with van der Waals surface area (Å²) in [4.78, 5) is 10.8. The Morgan fingerprint density at radius 3 is 2.24 bits per heavy atom. The van der Waals surface area contributed by atoms with Gasteiger partial charge in [-0.05, 0) is 31.6 Å². The molecule has 0 radical (unpaired) electrons. The van der Waals surface area contributed by atoms with Crippen LogP contribution in [0.4, 0.5) is 0 Å². The highest BCUT2D eigenvalue weighted by Gasteiger charge is 2.37. The summed E-state index contributed by atoms with van der Waals surface area (Å²) in [6.07, 6.45) is 5.53. The van der Waals surface area contributed by atoms with Gasteiger partial charge in [-0.15, -0.1) is 0 Å². The minimum Gasteiger partial charge on any atom is -0.480 e. The molecule has 0 aromatic rings. The smallest absolute Gasteiger partial charge is 0.318 e. The lowest BCUT2D eigenvalue weighted by molar-refractivity contribution is -0.137. The number of carboxylic acid groups (broad SMARTS) is 1. The molecule has 2 aliphatic rings. The van der Waals surface area contributed by atoms with E-state index in [1.54, 1.807) is 0 Å². The van der Waals surface area contributed by atoms with E-state index in [2.05, 4.69) is 0 Å². The van der Waals surface area contributed by atoms with Crippen LogP contribution in [0.3, 0.4) is 0 Å². The number of carboxylic acids is 1. The molecular weight excluding hydrogens is 242 g/mol. The normalized spacial score (nSPS) is 22.2. The fraction of sp³-hybridized carbons (Fsp3) is 0.909. The minimum atomic E-state index is -3.39. The van der Waals surface area contributed by atoms with Gasteiger partial charge in [-0.2, -0.15) is 4.31 Å². The predicted octanol–water partition coefficient (Wildman–Crippen LogP) is 1.06. The van der Waals surface area contributed by atoms with Gasteiger partial charge in [0.1, 0.15) is 6.54 Å². The summed E-state index contributed by atoms with van der Waals surface area (Å²) < 4.78 is 25.6. The highest BCUT2D eigenvalue weighted by Crippen LogP contribution is 2.33. The molecule has 98 valence electrons. The van der Waals surface area contributed by atoms with Crippen molar-refractivity contribution in [3.05, 3.63) is 0 Å². The van der Waals surface area contributed by atoms with E-state index in [0.717, 1.165) is 38.5 Å². The lowest BCUT2D eigenvalue weighted by atomic mass is 10.2. The summed E-state index contributed by atoms with van der Waals surface area (Å²) in [6.45, 7) is -0.375. The van der Waals surface area contributed by atoms with Crippen molar-refractivity contribution >= 4 is 16.0 Å². The summed E-state index contributed by atoms with van der Waals surface area (Å²) in [5, 5.41) is 8.85. The third-order valence-corrected chi connectivity index (χ3v) is 5.56. The molecule has 0 aromatic heterocycles. The molecule has 1 N–H and O–H groups in total. The molecule has 0 aromatic carbocycles. The fourth-order valence-corrected chi connectivity index (χ4v) is 4.55. The van der Waals surface area contributed by atoms with Crippen LogP contribution in [-0.4, -0.2) is 42.1 Å². The number of sulfonamides is 1. The number of hydrogen-bond acceptors (Lipinski definition) is 3. The van der Waals surface area contributed by atoms with E-state index in [4.69, 9.17) is 5.11 Å². The Balaban J connectivity index is 2.09.